The lowest BCUT2D eigenvalue weighted by molar-refractivity contribution is 0.312. The average molecular weight is 224 g/mol. The molecule has 4 nitrogen and oxygen atoms in total. The Labute approximate surface area is 100 Å². The van der Waals surface area contributed by atoms with Crippen molar-refractivity contribution in [1.82, 2.24) is 0 Å². The van der Waals surface area contributed by atoms with E-state index in [4.69, 9.17) is 0 Å². The number of rotatable bonds is 1. The van der Waals surface area contributed by atoms with Crippen LogP contribution in [0.4, 0.5) is 0 Å². The Morgan fingerprint density at radius 3 is 2.24 bits per heavy atom. The molecule has 0 saturated carbocycles. The van der Waals surface area contributed by atoms with E-state index in [-0.39, 0.29) is 0 Å². The van der Waals surface area contributed by atoms with Crippen molar-refractivity contribution in [1.29, 1.82) is 10.5 Å². The monoisotopic (exact) mass is 224 g/mol. The van der Waals surface area contributed by atoms with E-state index in [0.29, 0.717) is 0 Å². The molecule has 0 N–H and O–H groups in total. The zero-order chi connectivity index (χ0) is 12.5. The van der Waals surface area contributed by atoms with E-state index in [1.165, 1.54) is 0 Å². The van der Waals surface area contributed by atoms with Crippen molar-refractivity contribution in [2.24, 2.45) is 15.6 Å². The molecule has 17 heavy (non-hydrogen) atoms. The molecule has 1 aromatic carbocycles. The van der Waals surface area contributed by atoms with Crippen LogP contribution >= 0.6 is 0 Å². The molecule has 0 aliphatic carbocycles. The van der Waals surface area contributed by atoms with Crippen LogP contribution in [0.1, 0.15) is 25.5 Å². The smallest absolute Gasteiger partial charge is 0.196 e. The van der Waals surface area contributed by atoms with E-state index in [0.717, 1.165) is 5.56 Å². The first-order chi connectivity index (χ1) is 8.07. The van der Waals surface area contributed by atoms with E-state index in [1.807, 2.05) is 30.3 Å². The second-order valence-electron chi connectivity index (χ2n) is 4.62. The van der Waals surface area contributed by atoms with Crippen LogP contribution < -0.4 is 0 Å². The summed E-state index contributed by atoms with van der Waals surface area (Å²) in [5, 5.41) is 27.0. The maximum absolute atomic E-state index is 9.39. The molecule has 1 aliphatic heterocycles. The maximum atomic E-state index is 9.39. The van der Waals surface area contributed by atoms with E-state index < -0.39 is 17.0 Å². The third kappa shape index (κ3) is 1.42. The number of nitrogens with zero attached hydrogens (tertiary/aromatic N) is 4. The Hall–Kier alpha value is -2.20. The van der Waals surface area contributed by atoms with Crippen LogP contribution in [0.2, 0.25) is 0 Å². The molecule has 0 radical (unpaired) electrons. The van der Waals surface area contributed by atoms with Crippen molar-refractivity contribution < 1.29 is 0 Å². The maximum Gasteiger partial charge on any atom is 0.197 e. The molecule has 1 aromatic rings. The Kier molecular flexibility index (Phi) is 2.44. The predicted octanol–water partition coefficient (Wildman–Crippen LogP) is 3.01. The van der Waals surface area contributed by atoms with E-state index >= 15 is 0 Å². The van der Waals surface area contributed by atoms with Gasteiger partial charge in [-0.25, -0.2) is 0 Å². The summed E-state index contributed by atoms with van der Waals surface area (Å²) in [7, 11) is 0. The second-order valence-corrected chi connectivity index (χ2v) is 4.62. The van der Waals surface area contributed by atoms with Crippen LogP contribution in [-0.2, 0) is 0 Å². The molecule has 84 valence electrons. The minimum Gasteiger partial charge on any atom is -0.196 e. The third-order valence-corrected chi connectivity index (χ3v) is 3.27. The summed E-state index contributed by atoms with van der Waals surface area (Å²) in [5.41, 5.74) is -1.16. The summed E-state index contributed by atoms with van der Waals surface area (Å²) in [6.07, 6.45) is 0. The first-order valence-corrected chi connectivity index (χ1v) is 5.37. The number of hydrogen-bond donors (Lipinski definition) is 0. The Morgan fingerprint density at radius 2 is 1.71 bits per heavy atom. The Balaban J connectivity index is 2.56. The van der Waals surface area contributed by atoms with E-state index in [2.05, 4.69) is 22.4 Å². The van der Waals surface area contributed by atoms with Crippen molar-refractivity contribution in [3.05, 3.63) is 35.9 Å². The summed E-state index contributed by atoms with van der Waals surface area (Å²) in [5.74, 6) is 0. The highest BCUT2D eigenvalue weighted by Crippen LogP contribution is 2.51. The topological polar surface area (TPSA) is 72.3 Å². The highest BCUT2D eigenvalue weighted by molar-refractivity contribution is 5.36. The summed E-state index contributed by atoms with van der Waals surface area (Å²) < 4.78 is 0. The average Bonchev–Trinajstić information content (AvgIpc) is 2.62. The lowest BCUT2D eigenvalue weighted by atomic mass is 9.68. The van der Waals surface area contributed by atoms with E-state index in [1.54, 1.807) is 13.8 Å². The molecule has 0 spiro atoms. The fourth-order valence-electron chi connectivity index (χ4n) is 2.08. The molecule has 0 saturated heterocycles. The van der Waals surface area contributed by atoms with Crippen molar-refractivity contribution in [3.63, 3.8) is 0 Å². The minimum absolute atomic E-state index is 0.506. The Morgan fingerprint density at radius 1 is 1.12 bits per heavy atom. The molecular weight excluding hydrogens is 212 g/mol. The highest BCUT2D eigenvalue weighted by atomic mass is 15.2. The molecule has 1 atom stereocenters. The van der Waals surface area contributed by atoms with Gasteiger partial charge in [0.2, 0.25) is 0 Å². The van der Waals surface area contributed by atoms with Crippen molar-refractivity contribution in [3.8, 4) is 12.1 Å². The molecule has 0 aromatic heterocycles. The zero-order valence-electron chi connectivity index (χ0n) is 9.75. The highest BCUT2D eigenvalue weighted by Gasteiger charge is 2.57. The molecule has 4 heteroatoms. The van der Waals surface area contributed by atoms with Crippen LogP contribution in [0.5, 0.6) is 0 Å². The van der Waals surface area contributed by atoms with E-state index in [9.17, 15) is 10.5 Å². The van der Waals surface area contributed by atoms with Gasteiger partial charge in [0.25, 0.3) is 0 Å². The Bertz CT molecular complexity index is 517. The van der Waals surface area contributed by atoms with Crippen LogP contribution in [0.15, 0.2) is 40.6 Å². The zero-order valence-corrected chi connectivity index (χ0v) is 9.75. The molecule has 0 bridgehead atoms. The predicted molar refractivity (Wildman–Crippen MR) is 61.8 cm³/mol. The molecule has 0 amide bonds. The standard InChI is InChI=1S/C13H12N4/c1-12(2)13(8-14,9-15)11(16-17-12)10-6-4-3-5-7-10/h3-7,11H,1-2H3. The largest absolute Gasteiger partial charge is 0.197 e. The van der Waals surface area contributed by atoms with Crippen LogP contribution in [0, 0.1) is 28.1 Å². The van der Waals surface area contributed by atoms with Crippen molar-refractivity contribution in [2.75, 3.05) is 0 Å². The summed E-state index contributed by atoms with van der Waals surface area (Å²) in [6, 6.07) is 13.1. The van der Waals surface area contributed by atoms with Gasteiger partial charge in [-0.1, -0.05) is 30.3 Å². The SMILES string of the molecule is CC1(C)N=NC(c2ccccc2)C1(C#N)C#N. The molecule has 0 fully saturated rings. The molecule has 1 unspecified atom stereocenters. The summed E-state index contributed by atoms with van der Waals surface area (Å²) >= 11 is 0. The number of hydrogen-bond acceptors (Lipinski definition) is 4. The van der Waals surface area contributed by atoms with Gasteiger partial charge < -0.3 is 0 Å². The normalized spacial score (nSPS) is 23.9. The number of nitriles is 2. The van der Waals surface area contributed by atoms with Gasteiger partial charge >= 0.3 is 0 Å². The van der Waals surface area contributed by atoms with Crippen molar-refractivity contribution >= 4 is 0 Å². The first kappa shape index (κ1) is 11.3. The van der Waals surface area contributed by atoms with Gasteiger partial charge in [0, 0.05) is 0 Å². The van der Waals surface area contributed by atoms with Gasteiger partial charge in [-0.2, -0.15) is 20.8 Å². The molecular formula is C13H12N4. The summed E-state index contributed by atoms with van der Waals surface area (Å²) in [6.45, 7) is 3.54. The lowest BCUT2D eigenvalue weighted by Crippen LogP contribution is -2.40. The van der Waals surface area contributed by atoms with Crippen LogP contribution in [-0.4, -0.2) is 5.54 Å². The van der Waals surface area contributed by atoms with Crippen LogP contribution in [0.3, 0.4) is 0 Å². The van der Waals surface area contributed by atoms with Gasteiger partial charge in [-0.3, -0.25) is 0 Å². The fourth-order valence-corrected chi connectivity index (χ4v) is 2.08. The first-order valence-electron chi connectivity index (χ1n) is 5.37. The van der Waals surface area contributed by atoms with Crippen LogP contribution in [0.25, 0.3) is 0 Å². The van der Waals surface area contributed by atoms with Gasteiger partial charge in [0.15, 0.2) is 5.41 Å². The molecule has 1 heterocycles. The minimum atomic E-state index is -1.23. The third-order valence-electron chi connectivity index (χ3n) is 3.27. The quantitative estimate of drug-likeness (QED) is 0.735. The van der Waals surface area contributed by atoms with Crippen molar-refractivity contribution in [2.45, 2.75) is 25.4 Å². The van der Waals surface area contributed by atoms with Gasteiger partial charge in [-0.15, -0.1) is 0 Å². The molecule has 2 rings (SSSR count). The fraction of sp³-hybridized carbons (Fsp3) is 0.385. The molecule has 1 aliphatic rings. The van der Waals surface area contributed by atoms with Gasteiger partial charge in [0.1, 0.15) is 11.6 Å². The summed E-state index contributed by atoms with van der Waals surface area (Å²) in [4.78, 5) is 0. The number of benzene rings is 1. The second kappa shape index (κ2) is 3.68. The van der Waals surface area contributed by atoms with Gasteiger partial charge in [-0.05, 0) is 19.4 Å². The number of azo groups is 1. The lowest BCUT2D eigenvalue weighted by Gasteiger charge is -2.29. The van der Waals surface area contributed by atoms with Gasteiger partial charge in [0.05, 0.1) is 12.1 Å².